The van der Waals surface area contributed by atoms with Crippen LogP contribution in [0.15, 0.2) is 6.20 Å². The van der Waals surface area contributed by atoms with E-state index >= 15 is 0 Å². The zero-order chi connectivity index (χ0) is 8.55. The molecular weight excluding hydrogens is 174 g/mol. The van der Waals surface area contributed by atoms with Gasteiger partial charge in [0.25, 0.3) is 0 Å². The fourth-order valence-corrected chi connectivity index (χ4v) is 1.28. The third-order valence-corrected chi connectivity index (χ3v) is 2.29. The second-order valence-electron chi connectivity index (χ2n) is 3.05. The van der Waals surface area contributed by atoms with Gasteiger partial charge in [0.15, 0.2) is 0 Å². The summed E-state index contributed by atoms with van der Waals surface area (Å²) in [6, 6.07) is 0. The molecule has 1 aromatic rings. The number of nitrogens with two attached hydrogens (primary N) is 1. The summed E-state index contributed by atoms with van der Waals surface area (Å²) in [5.74, 6) is 2.34. The highest BCUT2D eigenvalue weighted by Gasteiger charge is 2.26. The number of nitrogen functional groups attached to an aromatic ring is 1. The molecule has 0 atom stereocenters. The number of alkyl halides is 1. The molecule has 0 radical (unpaired) electrons. The molecule has 12 heavy (non-hydrogen) atoms. The Morgan fingerprint density at radius 3 is 2.83 bits per heavy atom. The van der Waals surface area contributed by atoms with Gasteiger partial charge in [-0.2, -0.15) is 0 Å². The molecule has 4 heteroatoms. The highest BCUT2D eigenvalue weighted by atomic mass is 35.5. The molecule has 3 nitrogen and oxygen atoms in total. The van der Waals surface area contributed by atoms with Crippen molar-refractivity contribution in [2.24, 2.45) is 0 Å². The minimum absolute atomic E-state index is 0.386. The molecule has 0 amide bonds. The average molecular weight is 184 g/mol. The van der Waals surface area contributed by atoms with Crippen molar-refractivity contribution in [3.63, 3.8) is 0 Å². The molecule has 64 valence electrons. The maximum absolute atomic E-state index is 5.66. The molecule has 1 aromatic heterocycles. The maximum atomic E-state index is 5.66. The second-order valence-corrected chi connectivity index (χ2v) is 3.31. The lowest BCUT2D eigenvalue weighted by atomic mass is 10.3. The quantitative estimate of drug-likeness (QED) is 0.710. The maximum Gasteiger partial charge on any atom is 0.133 e. The summed E-state index contributed by atoms with van der Waals surface area (Å²) in [7, 11) is 0. The van der Waals surface area contributed by atoms with Crippen LogP contribution < -0.4 is 5.73 Å². The first-order chi connectivity index (χ1) is 5.81. The Bertz CT molecular complexity index is 296. The first-order valence-corrected chi connectivity index (χ1v) is 4.52. The number of anilines is 1. The Hall–Kier alpha value is -0.830. The number of hydrogen-bond acceptors (Lipinski definition) is 3. The number of nitrogens with zero attached hydrogens (tertiary/aromatic N) is 2. The van der Waals surface area contributed by atoms with Gasteiger partial charge in [0.1, 0.15) is 11.6 Å². The van der Waals surface area contributed by atoms with Gasteiger partial charge in [-0.1, -0.05) is 0 Å². The van der Waals surface area contributed by atoms with E-state index in [4.69, 9.17) is 17.3 Å². The van der Waals surface area contributed by atoms with E-state index in [0.29, 0.717) is 17.6 Å². The monoisotopic (exact) mass is 183 g/mol. The van der Waals surface area contributed by atoms with E-state index in [1.807, 2.05) is 0 Å². The van der Waals surface area contributed by atoms with Gasteiger partial charge in [0, 0.05) is 17.7 Å². The van der Waals surface area contributed by atoms with Crippen molar-refractivity contribution in [3.8, 4) is 0 Å². The van der Waals surface area contributed by atoms with Crippen LogP contribution in [0.25, 0.3) is 0 Å². The SMILES string of the molecule is Nc1nc(C2CC2)ncc1CCl. The zero-order valence-electron chi connectivity index (χ0n) is 6.63. The third kappa shape index (κ3) is 1.37. The topological polar surface area (TPSA) is 51.8 Å². The molecule has 0 unspecified atom stereocenters. The van der Waals surface area contributed by atoms with E-state index in [0.717, 1.165) is 11.4 Å². The van der Waals surface area contributed by atoms with Crippen LogP contribution in [0, 0.1) is 0 Å². The number of hydrogen-bond donors (Lipinski definition) is 1. The van der Waals surface area contributed by atoms with Crippen molar-refractivity contribution in [2.45, 2.75) is 24.6 Å². The van der Waals surface area contributed by atoms with Gasteiger partial charge in [-0.3, -0.25) is 0 Å². The highest BCUT2D eigenvalue weighted by Crippen LogP contribution is 2.38. The Balaban J connectivity index is 2.30. The summed E-state index contributed by atoms with van der Waals surface area (Å²) in [5, 5.41) is 0. The predicted molar refractivity (Wildman–Crippen MR) is 48.0 cm³/mol. The molecule has 0 saturated heterocycles. The van der Waals surface area contributed by atoms with Crippen molar-refractivity contribution in [3.05, 3.63) is 17.6 Å². The molecule has 1 fully saturated rings. The summed E-state index contributed by atoms with van der Waals surface area (Å²) in [5.41, 5.74) is 6.48. The fraction of sp³-hybridized carbons (Fsp3) is 0.500. The average Bonchev–Trinajstić information content (AvgIpc) is 2.86. The molecule has 0 bridgehead atoms. The van der Waals surface area contributed by atoms with Crippen LogP contribution in [0.5, 0.6) is 0 Å². The minimum atomic E-state index is 0.386. The van der Waals surface area contributed by atoms with Gasteiger partial charge < -0.3 is 5.73 Å². The van der Waals surface area contributed by atoms with Crippen molar-refractivity contribution in [1.29, 1.82) is 0 Å². The summed E-state index contributed by atoms with van der Waals surface area (Å²) in [4.78, 5) is 8.38. The van der Waals surface area contributed by atoms with Gasteiger partial charge in [-0.15, -0.1) is 11.6 Å². The molecule has 1 aliphatic carbocycles. The predicted octanol–water partition coefficient (Wildman–Crippen LogP) is 1.68. The van der Waals surface area contributed by atoms with E-state index in [1.54, 1.807) is 6.20 Å². The number of aromatic nitrogens is 2. The van der Waals surface area contributed by atoms with E-state index in [-0.39, 0.29) is 0 Å². The lowest BCUT2D eigenvalue weighted by molar-refractivity contribution is 0.921. The van der Waals surface area contributed by atoms with Gasteiger partial charge in [-0.25, -0.2) is 9.97 Å². The summed E-state index contributed by atoms with van der Waals surface area (Å²) < 4.78 is 0. The summed E-state index contributed by atoms with van der Waals surface area (Å²) in [6.45, 7) is 0. The first kappa shape index (κ1) is 7.80. The normalized spacial score (nSPS) is 16.4. The molecular formula is C8H10ClN3. The highest BCUT2D eigenvalue weighted by molar-refractivity contribution is 6.17. The lowest BCUT2D eigenvalue weighted by Gasteiger charge is -2.01. The molecule has 2 N–H and O–H groups in total. The van der Waals surface area contributed by atoms with Crippen LogP contribution in [0.2, 0.25) is 0 Å². The van der Waals surface area contributed by atoms with E-state index < -0.39 is 0 Å². The Kier molecular flexibility index (Phi) is 1.89. The van der Waals surface area contributed by atoms with Crippen LogP contribution in [0.1, 0.15) is 30.1 Å². The molecule has 1 saturated carbocycles. The van der Waals surface area contributed by atoms with Gasteiger partial charge in [0.05, 0.1) is 5.88 Å². The van der Waals surface area contributed by atoms with Crippen LogP contribution in [0.4, 0.5) is 5.82 Å². The van der Waals surface area contributed by atoms with E-state index in [1.165, 1.54) is 12.8 Å². The summed E-state index contributed by atoms with van der Waals surface area (Å²) in [6.07, 6.45) is 4.11. The Morgan fingerprint density at radius 1 is 1.58 bits per heavy atom. The number of halogens is 1. The smallest absolute Gasteiger partial charge is 0.133 e. The first-order valence-electron chi connectivity index (χ1n) is 3.98. The van der Waals surface area contributed by atoms with Crippen LogP contribution in [-0.4, -0.2) is 9.97 Å². The standard InChI is InChI=1S/C8H10ClN3/c9-3-6-4-11-8(5-1-2-5)12-7(6)10/h4-5H,1-3H2,(H2,10,11,12). The van der Waals surface area contributed by atoms with E-state index in [2.05, 4.69) is 9.97 Å². The molecule has 2 rings (SSSR count). The van der Waals surface area contributed by atoms with Crippen LogP contribution >= 0.6 is 11.6 Å². The second kappa shape index (κ2) is 2.90. The van der Waals surface area contributed by atoms with Gasteiger partial charge in [0.2, 0.25) is 0 Å². The molecule has 1 aliphatic rings. The van der Waals surface area contributed by atoms with Gasteiger partial charge >= 0.3 is 0 Å². The summed E-state index contributed by atoms with van der Waals surface area (Å²) >= 11 is 5.62. The Morgan fingerprint density at radius 2 is 2.33 bits per heavy atom. The lowest BCUT2D eigenvalue weighted by Crippen LogP contribution is -2.01. The number of rotatable bonds is 2. The van der Waals surface area contributed by atoms with E-state index in [9.17, 15) is 0 Å². The zero-order valence-corrected chi connectivity index (χ0v) is 7.38. The molecule has 1 heterocycles. The van der Waals surface area contributed by atoms with Crippen molar-refractivity contribution < 1.29 is 0 Å². The molecule has 0 aromatic carbocycles. The molecule has 0 aliphatic heterocycles. The fourth-order valence-electron chi connectivity index (χ4n) is 1.08. The third-order valence-electron chi connectivity index (χ3n) is 2.00. The van der Waals surface area contributed by atoms with Crippen LogP contribution in [-0.2, 0) is 5.88 Å². The minimum Gasteiger partial charge on any atom is -0.383 e. The molecule has 0 spiro atoms. The van der Waals surface area contributed by atoms with Crippen LogP contribution in [0.3, 0.4) is 0 Å². The largest absolute Gasteiger partial charge is 0.383 e. The van der Waals surface area contributed by atoms with Crippen molar-refractivity contribution >= 4 is 17.4 Å². The Labute approximate surface area is 76.0 Å². The van der Waals surface area contributed by atoms with Crippen molar-refractivity contribution in [2.75, 3.05) is 5.73 Å². The van der Waals surface area contributed by atoms with Crippen molar-refractivity contribution in [1.82, 2.24) is 9.97 Å². The van der Waals surface area contributed by atoms with Gasteiger partial charge in [-0.05, 0) is 12.8 Å².